The fraction of sp³-hybridized carbons (Fsp3) is 0.706. The standard InChI is InChI=1S/C17H26N4O4/c1-23-10-7-18-16(22)13-3-4-17(25-13)5-8-21(9-6-17)14-11-15(24-2)20-12-19-14/h11-13H,3-10H2,1-2H3,(H,18,22)/t13-/m1/s1. The van der Waals surface area contributed by atoms with E-state index in [1.54, 1.807) is 14.2 Å². The molecular formula is C17H26N4O4. The van der Waals surface area contributed by atoms with E-state index in [-0.39, 0.29) is 17.6 Å². The number of aromatic nitrogens is 2. The maximum Gasteiger partial charge on any atom is 0.249 e. The van der Waals surface area contributed by atoms with Gasteiger partial charge in [-0.15, -0.1) is 0 Å². The Morgan fingerprint density at radius 2 is 2.16 bits per heavy atom. The molecule has 1 amide bonds. The third-order valence-corrected chi connectivity index (χ3v) is 4.99. The lowest BCUT2D eigenvalue weighted by molar-refractivity contribution is -0.138. The van der Waals surface area contributed by atoms with Crippen LogP contribution < -0.4 is 15.0 Å². The Bertz CT molecular complexity index is 590. The predicted octanol–water partition coefficient (Wildman–Crippen LogP) is 0.766. The van der Waals surface area contributed by atoms with E-state index in [9.17, 15) is 4.79 Å². The second kappa shape index (κ2) is 7.97. The van der Waals surface area contributed by atoms with Crippen molar-refractivity contribution < 1.29 is 19.0 Å². The summed E-state index contributed by atoms with van der Waals surface area (Å²) in [6.45, 7) is 2.73. The zero-order valence-electron chi connectivity index (χ0n) is 14.9. The van der Waals surface area contributed by atoms with Crippen LogP contribution >= 0.6 is 0 Å². The van der Waals surface area contributed by atoms with Crippen LogP contribution in [0.4, 0.5) is 5.82 Å². The van der Waals surface area contributed by atoms with Crippen molar-refractivity contribution in [2.24, 2.45) is 0 Å². The Morgan fingerprint density at radius 3 is 2.88 bits per heavy atom. The minimum atomic E-state index is -0.345. The van der Waals surface area contributed by atoms with Crippen LogP contribution in [0.3, 0.4) is 0 Å². The molecule has 0 aromatic carbocycles. The maximum atomic E-state index is 12.2. The van der Waals surface area contributed by atoms with E-state index in [1.165, 1.54) is 6.33 Å². The molecule has 8 nitrogen and oxygen atoms in total. The normalized spacial score (nSPS) is 22.2. The fourth-order valence-corrected chi connectivity index (χ4v) is 3.51. The van der Waals surface area contributed by atoms with Gasteiger partial charge in [-0.25, -0.2) is 9.97 Å². The maximum absolute atomic E-state index is 12.2. The van der Waals surface area contributed by atoms with Crippen molar-refractivity contribution in [2.45, 2.75) is 37.4 Å². The highest BCUT2D eigenvalue weighted by Crippen LogP contribution is 2.39. The highest BCUT2D eigenvalue weighted by molar-refractivity contribution is 5.81. The quantitative estimate of drug-likeness (QED) is 0.758. The molecule has 3 rings (SSSR count). The number of hydrogen-bond donors (Lipinski definition) is 1. The zero-order valence-corrected chi connectivity index (χ0v) is 14.9. The Balaban J connectivity index is 1.52. The lowest BCUT2D eigenvalue weighted by Gasteiger charge is -2.39. The van der Waals surface area contributed by atoms with Crippen molar-refractivity contribution in [1.82, 2.24) is 15.3 Å². The second-order valence-electron chi connectivity index (χ2n) is 6.52. The summed E-state index contributed by atoms with van der Waals surface area (Å²) in [5.41, 5.74) is -0.184. The summed E-state index contributed by atoms with van der Waals surface area (Å²) < 4.78 is 16.3. The summed E-state index contributed by atoms with van der Waals surface area (Å²) in [7, 11) is 3.22. The van der Waals surface area contributed by atoms with E-state index in [0.29, 0.717) is 19.0 Å². The first-order valence-electron chi connectivity index (χ1n) is 8.71. The molecule has 0 aliphatic carbocycles. The van der Waals surface area contributed by atoms with Crippen LogP contribution in [0.2, 0.25) is 0 Å². The summed E-state index contributed by atoms with van der Waals surface area (Å²) in [6, 6.07) is 1.85. The first-order valence-corrected chi connectivity index (χ1v) is 8.71. The Labute approximate surface area is 147 Å². The monoisotopic (exact) mass is 350 g/mol. The van der Waals surface area contributed by atoms with Gasteiger partial charge in [0.2, 0.25) is 11.8 Å². The van der Waals surface area contributed by atoms with E-state index in [4.69, 9.17) is 14.2 Å². The van der Waals surface area contributed by atoms with E-state index < -0.39 is 0 Å². The molecule has 1 aromatic rings. The van der Waals surface area contributed by atoms with Gasteiger partial charge in [0, 0.05) is 32.8 Å². The number of nitrogens with one attached hydrogen (secondary N) is 1. The van der Waals surface area contributed by atoms with Gasteiger partial charge in [-0.1, -0.05) is 0 Å². The molecule has 1 atom stereocenters. The first kappa shape index (κ1) is 17.9. The Hall–Kier alpha value is -1.93. The minimum absolute atomic E-state index is 0.0307. The van der Waals surface area contributed by atoms with Gasteiger partial charge in [-0.3, -0.25) is 4.79 Å². The number of ether oxygens (including phenoxy) is 3. The number of hydrogen-bond acceptors (Lipinski definition) is 7. The summed E-state index contributed by atoms with van der Waals surface area (Å²) in [4.78, 5) is 22.8. The molecule has 1 N–H and O–H groups in total. The third kappa shape index (κ3) is 4.19. The molecule has 0 radical (unpaired) electrons. The van der Waals surface area contributed by atoms with Crippen molar-refractivity contribution in [3.63, 3.8) is 0 Å². The molecule has 1 aromatic heterocycles. The lowest BCUT2D eigenvalue weighted by atomic mass is 9.88. The SMILES string of the molecule is COCCNC(=O)[C@H]1CCC2(CCN(c3cc(OC)ncn3)CC2)O1. The van der Waals surface area contributed by atoms with Crippen molar-refractivity contribution >= 4 is 11.7 Å². The van der Waals surface area contributed by atoms with Gasteiger partial charge in [0.05, 0.1) is 19.3 Å². The van der Waals surface area contributed by atoms with E-state index in [0.717, 1.165) is 44.6 Å². The van der Waals surface area contributed by atoms with Gasteiger partial charge in [0.25, 0.3) is 0 Å². The molecule has 8 heteroatoms. The van der Waals surface area contributed by atoms with Crippen LogP contribution in [0.25, 0.3) is 0 Å². The number of methoxy groups -OCH3 is 2. The third-order valence-electron chi connectivity index (χ3n) is 4.99. The number of carbonyl (C=O) groups excluding carboxylic acids is 1. The average Bonchev–Trinajstić information content (AvgIpc) is 3.06. The zero-order chi connectivity index (χ0) is 17.7. The van der Waals surface area contributed by atoms with Crippen LogP contribution in [0, 0.1) is 0 Å². The molecule has 2 fully saturated rings. The molecule has 2 saturated heterocycles. The smallest absolute Gasteiger partial charge is 0.249 e. The molecule has 25 heavy (non-hydrogen) atoms. The Kier molecular flexibility index (Phi) is 5.70. The van der Waals surface area contributed by atoms with Gasteiger partial charge in [0.15, 0.2) is 0 Å². The minimum Gasteiger partial charge on any atom is -0.481 e. The molecule has 0 saturated carbocycles. The van der Waals surface area contributed by atoms with Gasteiger partial charge >= 0.3 is 0 Å². The molecule has 0 unspecified atom stereocenters. The van der Waals surface area contributed by atoms with Crippen LogP contribution in [-0.2, 0) is 14.3 Å². The largest absolute Gasteiger partial charge is 0.481 e. The molecule has 3 heterocycles. The molecule has 1 spiro atoms. The molecular weight excluding hydrogens is 324 g/mol. The molecule has 138 valence electrons. The van der Waals surface area contributed by atoms with Crippen molar-refractivity contribution in [2.75, 3.05) is 45.4 Å². The number of anilines is 1. The number of nitrogens with zero attached hydrogens (tertiary/aromatic N) is 3. The van der Waals surface area contributed by atoms with Gasteiger partial charge < -0.3 is 24.4 Å². The lowest BCUT2D eigenvalue weighted by Crippen LogP contribution is -2.46. The van der Waals surface area contributed by atoms with Crippen LogP contribution in [-0.4, -0.2) is 68.0 Å². The fourth-order valence-electron chi connectivity index (χ4n) is 3.51. The van der Waals surface area contributed by atoms with E-state index in [2.05, 4.69) is 20.2 Å². The summed E-state index contributed by atoms with van der Waals surface area (Å²) in [5.74, 6) is 1.40. The van der Waals surface area contributed by atoms with Gasteiger partial charge in [-0.2, -0.15) is 0 Å². The topological polar surface area (TPSA) is 85.8 Å². The van der Waals surface area contributed by atoms with E-state index >= 15 is 0 Å². The first-order chi connectivity index (χ1) is 12.2. The van der Waals surface area contributed by atoms with Crippen molar-refractivity contribution in [1.29, 1.82) is 0 Å². The predicted molar refractivity (Wildman–Crippen MR) is 91.8 cm³/mol. The van der Waals surface area contributed by atoms with E-state index in [1.807, 2.05) is 6.07 Å². The van der Waals surface area contributed by atoms with Crippen molar-refractivity contribution in [3.05, 3.63) is 12.4 Å². The second-order valence-corrected chi connectivity index (χ2v) is 6.52. The number of piperidine rings is 1. The van der Waals surface area contributed by atoms with Gasteiger partial charge in [0.1, 0.15) is 18.2 Å². The van der Waals surface area contributed by atoms with Crippen LogP contribution in [0.1, 0.15) is 25.7 Å². The van der Waals surface area contributed by atoms with Crippen LogP contribution in [0.5, 0.6) is 5.88 Å². The molecule has 0 bridgehead atoms. The number of amides is 1. The highest BCUT2D eigenvalue weighted by Gasteiger charge is 2.44. The Morgan fingerprint density at radius 1 is 1.36 bits per heavy atom. The van der Waals surface area contributed by atoms with Crippen LogP contribution in [0.15, 0.2) is 12.4 Å². The summed E-state index contributed by atoms with van der Waals surface area (Å²) in [5, 5.41) is 2.86. The average molecular weight is 350 g/mol. The number of carbonyl (C=O) groups is 1. The van der Waals surface area contributed by atoms with Gasteiger partial charge in [-0.05, 0) is 25.7 Å². The molecule has 2 aliphatic rings. The van der Waals surface area contributed by atoms with Crippen molar-refractivity contribution in [3.8, 4) is 5.88 Å². The molecule has 2 aliphatic heterocycles. The summed E-state index contributed by atoms with van der Waals surface area (Å²) >= 11 is 0. The highest BCUT2D eigenvalue weighted by atomic mass is 16.5. The number of rotatable bonds is 6. The summed E-state index contributed by atoms with van der Waals surface area (Å²) in [6.07, 6.45) is 4.66.